The summed E-state index contributed by atoms with van der Waals surface area (Å²) in [6.45, 7) is 0.467. The summed E-state index contributed by atoms with van der Waals surface area (Å²) >= 11 is 5.75. The quantitative estimate of drug-likeness (QED) is 0.824. The first-order valence-corrected chi connectivity index (χ1v) is 4.86. The Kier molecular flexibility index (Phi) is 3.03. The van der Waals surface area contributed by atoms with Gasteiger partial charge >= 0.3 is 0 Å². The van der Waals surface area contributed by atoms with Gasteiger partial charge in [-0.25, -0.2) is 4.98 Å². The number of rotatable bonds is 3. The van der Waals surface area contributed by atoms with E-state index in [2.05, 4.69) is 20.0 Å². The molecule has 0 bridgehead atoms. The van der Waals surface area contributed by atoms with Crippen molar-refractivity contribution in [1.82, 2.24) is 10.1 Å². The Bertz CT molecular complexity index is 518. The van der Waals surface area contributed by atoms with E-state index in [0.717, 1.165) is 5.69 Å². The third kappa shape index (κ3) is 2.49. The molecule has 2 rings (SSSR count). The van der Waals surface area contributed by atoms with Gasteiger partial charge < -0.3 is 9.84 Å². The molecule has 0 unspecified atom stereocenters. The zero-order chi connectivity index (χ0) is 11.4. The van der Waals surface area contributed by atoms with Crippen LogP contribution in [0, 0.1) is 11.3 Å². The first kappa shape index (κ1) is 10.5. The lowest BCUT2D eigenvalue weighted by molar-refractivity contribution is 0.412. The minimum absolute atomic E-state index is 0.279. The maximum atomic E-state index is 8.75. The topological polar surface area (TPSA) is 74.7 Å². The summed E-state index contributed by atoms with van der Waals surface area (Å²) in [5.41, 5.74) is 1.21. The Hall–Kier alpha value is -2.06. The van der Waals surface area contributed by atoms with E-state index in [1.807, 2.05) is 6.07 Å². The van der Waals surface area contributed by atoms with E-state index < -0.39 is 0 Å². The normalized spacial score (nSPS) is 9.75. The molecule has 2 heterocycles. The Labute approximate surface area is 96.6 Å². The van der Waals surface area contributed by atoms with Crippen molar-refractivity contribution in [3.63, 3.8) is 0 Å². The van der Waals surface area contributed by atoms with Crippen molar-refractivity contribution in [1.29, 1.82) is 5.26 Å². The Morgan fingerprint density at radius 2 is 2.38 bits per heavy atom. The predicted octanol–water partition coefficient (Wildman–Crippen LogP) is 2.21. The molecule has 0 atom stereocenters. The van der Waals surface area contributed by atoms with Gasteiger partial charge in [-0.2, -0.15) is 5.26 Å². The van der Waals surface area contributed by atoms with E-state index >= 15 is 0 Å². The molecule has 0 fully saturated rings. The third-order valence-electron chi connectivity index (χ3n) is 1.87. The molecule has 0 aliphatic carbocycles. The highest BCUT2D eigenvalue weighted by Crippen LogP contribution is 2.14. The predicted molar refractivity (Wildman–Crippen MR) is 57.8 cm³/mol. The number of nitrogens with one attached hydrogen (secondary N) is 1. The number of aromatic nitrogens is 2. The first-order chi connectivity index (χ1) is 7.78. The van der Waals surface area contributed by atoms with Crippen LogP contribution in [0.4, 0.5) is 5.82 Å². The van der Waals surface area contributed by atoms with Crippen LogP contribution in [0.1, 0.15) is 11.3 Å². The SMILES string of the molecule is N#Cc1cc(Cl)nc(NCc2ccon2)c1. The number of pyridine rings is 1. The number of nitrogens with zero attached hydrogens (tertiary/aromatic N) is 3. The monoisotopic (exact) mass is 234 g/mol. The smallest absolute Gasteiger partial charge is 0.132 e. The van der Waals surface area contributed by atoms with Gasteiger partial charge in [0, 0.05) is 6.07 Å². The number of halogens is 1. The molecule has 0 spiro atoms. The second-order valence-corrected chi connectivity index (χ2v) is 3.41. The molecule has 1 N–H and O–H groups in total. The van der Waals surface area contributed by atoms with Gasteiger partial charge in [-0.05, 0) is 12.1 Å². The molecule has 6 heteroatoms. The van der Waals surface area contributed by atoms with Crippen LogP contribution in [0.2, 0.25) is 5.15 Å². The molecule has 0 aromatic carbocycles. The van der Waals surface area contributed by atoms with Crippen LogP contribution in [0.25, 0.3) is 0 Å². The van der Waals surface area contributed by atoms with Gasteiger partial charge in [0.05, 0.1) is 18.2 Å². The van der Waals surface area contributed by atoms with Crippen molar-refractivity contribution in [3.8, 4) is 6.07 Å². The second kappa shape index (κ2) is 4.64. The molecule has 0 radical (unpaired) electrons. The molecule has 0 aliphatic heterocycles. The molecule has 0 amide bonds. The van der Waals surface area contributed by atoms with Crippen LogP contribution < -0.4 is 5.32 Å². The fourth-order valence-corrected chi connectivity index (χ4v) is 1.37. The number of hydrogen-bond donors (Lipinski definition) is 1. The minimum Gasteiger partial charge on any atom is -0.364 e. The third-order valence-corrected chi connectivity index (χ3v) is 2.06. The van der Waals surface area contributed by atoms with Crippen LogP contribution in [-0.2, 0) is 6.54 Å². The Morgan fingerprint density at radius 3 is 3.06 bits per heavy atom. The summed E-state index contributed by atoms with van der Waals surface area (Å²) in [6.07, 6.45) is 1.49. The van der Waals surface area contributed by atoms with Gasteiger partial charge in [-0.3, -0.25) is 0 Å². The Morgan fingerprint density at radius 1 is 1.50 bits per heavy atom. The van der Waals surface area contributed by atoms with Crippen molar-refractivity contribution in [3.05, 3.63) is 40.9 Å². The fourth-order valence-electron chi connectivity index (χ4n) is 1.16. The maximum absolute atomic E-state index is 8.75. The van der Waals surface area contributed by atoms with Gasteiger partial charge in [-0.15, -0.1) is 0 Å². The van der Waals surface area contributed by atoms with Crippen molar-refractivity contribution in [2.45, 2.75) is 6.54 Å². The average Bonchev–Trinajstić information content (AvgIpc) is 2.78. The highest BCUT2D eigenvalue weighted by molar-refractivity contribution is 6.29. The molecular weight excluding hydrogens is 228 g/mol. The lowest BCUT2D eigenvalue weighted by Crippen LogP contribution is -2.02. The van der Waals surface area contributed by atoms with Crippen molar-refractivity contribution in [2.75, 3.05) is 5.32 Å². The van der Waals surface area contributed by atoms with Crippen molar-refractivity contribution < 1.29 is 4.52 Å². The van der Waals surface area contributed by atoms with Crippen molar-refractivity contribution >= 4 is 17.4 Å². The van der Waals surface area contributed by atoms with E-state index in [9.17, 15) is 0 Å². The lowest BCUT2D eigenvalue weighted by Gasteiger charge is -2.03. The van der Waals surface area contributed by atoms with Crippen LogP contribution >= 0.6 is 11.6 Å². The number of nitriles is 1. The maximum Gasteiger partial charge on any atom is 0.132 e. The summed E-state index contributed by atoms with van der Waals surface area (Å²) < 4.78 is 4.68. The second-order valence-electron chi connectivity index (χ2n) is 3.02. The number of hydrogen-bond acceptors (Lipinski definition) is 5. The molecule has 0 saturated carbocycles. The van der Waals surface area contributed by atoms with E-state index in [1.165, 1.54) is 12.3 Å². The van der Waals surface area contributed by atoms with Gasteiger partial charge in [0.1, 0.15) is 22.9 Å². The molecular formula is C10H7ClN4O. The van der Waals surface area contributed by atoms with Crippen LogP contribution in [0.15, 0.2) is 29.0 Å². The zero-order valence-corrected chi connectivity index (χ0v) is 8.90. The average molecular weight is 235 g/mol. The van der Waals surface area contributed by atoms with Crippen LogP contribution in [-0.4, -0.2) is 10.1 Å². The highest BCUT2D eigenvalue weighted by atomic mass is 35.5. The van der Waals surface area contributed by atoms with Gasteiger partial charge in [-0.1, -0.05) is 16.8 Å². The number of anilines is 1. The van der Waals surface area contributed by atoms with Gasteiger partial charge in [0.2, 0.25) is 0 Å². The van der Waals surface area contributed by atoms with E-state index in [1.54, 1.807) is 12.1 Å². The van der Waals surface area contributed by atoms with E-state index in [0.29, 0.717) is 17.9 Å². The molecule has 16 heavy (non-hydrogen) atoms. The zero-order valence-electron chi connectivity index (χ0n) is 8.14. The minimum atomic E-state index is 0.279. The van der Waals surface area contributed by atoms with Gasteiger partial charge in [0.25, 0.3) is 0 Å². The van der Waals surface area contributed by atoms with E-state index in [-0.39, 0.29) is 5.15 Å². The summed E-state index contributed by atoms with van der Waals surface area (Å²) in [4.78, 5) is 4.03. The van der Waals surface area contributed by atoms with Crippen LogP contribution in [0.3, 0.4) is 0 Å². The lowest BCUT2D eigenvalue weighted by atomic mass is 10.3. The molecule has 0 saturated heterocycles. The van der Waals surface area contributed by atoms with Gasteiger partial charge in [0.15, 0.2) is 0 Å². The van der Waals surface area contributed by atoms with Crippen LogP contribution in [0.5, 0.6) is 0 Å². The highest BCUT2D eigenvalue weighted by Gasteiger charge is 2.02. The molecule has 2 aromatic heterocycles. The Balaban J connectivity index is 2.10. The molecule has 80 valence electrons. The molecule has 2 aromatic rings. The summed E-state index contributed by atoms with van der Waals surface area (Å²) in [5.74, 6) is 0.534. The summed E-state index contributed by atoms with van der Waals surface area (Å²) in [5, 5.41) is 15.8. The molecule has 5 nitrogen and oxygen atoms in total. The standard InChI is InChI=1S/C10H7ClN4O/c11-9-3-7(5-12)4-10(14-9)13-6-8-1-2-16-15-8/h1-4H,6H2,(H,13,14). The van der Waals surface area contributed by atoms with Crippen molar-refractivity contribution in [2.24, 2.45) is 0 Å². The van der Waals surface area contributed by atoms with E-state index in [4.69, 9.17) is 16.9 Å². The summed E-state index contributed by atoms with van der Waals surface area (Å²) in [7, 11) is 0. The summed E-state index contributed by atoms with van der Waals surface area (Å²) in [6, 6.07) is 6.86. The fraction of sp³-hybridized carbons (Fsp3) is 0.100. The molecule has 0 aliphatic rings. The largest absolute Gasteiger partial charge is 0.364 e. The first-order valence-electron chi connectivity index (χ1n) is 4.49.